The van der Waals surface area contributed by atoms with Gasteiger partial charge in [-0.3, -0.25) is 9.78 Å². The van der Waals surface area contributed by atoms with Crippen LogP contribution in [0, 0.1) is 0 Å². The van der Waals surface area contributed by atoms with Gasteiger partial charge in [-0.15, -0.1) is 0 Å². The highest BCUT2D eigenvalue weighted by Gasteiger charge is 2.14. The summed E-state index contributed by atoms with van der Waals surface area (Å²) in [6.07, 6.45) is 1.61. The first-order valence-electron chi connectivity index (χ1n) is 7.60. The summed E-state index contributed by atoms with van der Waals surface area (Å²) in [5, 5.41) is 6.13. The molecule has 0 radical (unpaired) electrons. The number of nitrogens with zero attached hydrogens (tertiary/aromatic N) is 1. The van der Waals surface area contributed by atoms with Crippen LogP contribution in [0.25, 0.3) is 0 Å². The fourth-order valence-electron chi connectivity index (χ4n) is 2.15. The number of benzene rings is 1. The lowest BCUT2D eigenvalue weighted by Gasteiger charge is -2.22. The van der Waals surface area contributed by atoms with Gasteiger partial charge in [0.15, 0.2) is 0 Å². The van der Waals surface area contributed by atoms with E-state index in [4.69, 9.17) is 9.47 Å². The van der Waals surface area contributed by atoms with Crippen molar-refractivity contribution in [3.63, 3.8) is 0 Å². The predicted octanol–water partition coefficient (Wildman–Crippen LogP) is 3.56. The molecule has 0 fully saturated rings. The van der Waals surface area contributed by atoms with Crippen molar-refractivity contribution >= 4 is 17.3 Å². The Balaban J connectivity index is 2.20. The smallest absolute Gasteiger partial charge is 0.274 e. The third kappa shape index (κ3) is 4.62. The van der Waals surface area contributed by atoms with Crippen LogP contribution in [0.1, 0.15) is 31.3 Å². The summed E-state index contributed by atoms with van der Waals surface area (Å²) in [4.78, 5) is 16.6. The molecule has 0 bridgehead atoms. The summed E-state index contributed by atoms with van der Waals surface area (Å²) < 4.78 is 10.4. The molecule has 1 aromatic carbocycles. The van der Waals surface area contributed by atoms with Crippen LogP contribution in [0.3, 0.4) is 0 Å². The Morgan fingerprint density at radius 3 is 2.46 bits per heavy atom. The van der Waals surface area contributed by atoms with E-state index in [1.54, 1.807) is 37.6 Å². The van der Waals surface area contributed by atoms with E-state index >= 15 is 0 Å². The van der Waals surface area contributed by atoms with Gasteiger partial charge >= 0.3 is 0 Å². The number of carbonyl (C=O) groups is 1. The van der Waals surface area contributed by atoms with Crippen molar-refractivity contribution in [2.45, 2.75) is 26.3 Å². The van der Waals surface area contributed by atoms with Crippen LogP contribution >= 0.6 is 0 Å². The predicted molar refractivity (Wildman–Crippen MR) is 95.1 cm³/mol. The minimum atomic E-state index is -0.309. The Bertz CT molecular complexity index is 724. The molecule has 6 heteroatoms. The number of nitrogens with one attached hydrogen (secondary N) is 2. The van der Waals surface area contributed by atoms with Crippen molar-refractivity contribution in [2.24, 2.45) is 0 Å². The first-order chi connectivity index (χ1) is 11.3. The van der Waals surface area contributed by atoms with Crippen molar-refractivity contribution in [3.05, 3.63) is 42.2 Å². The van der Waals surface area contributed by atoms with Gasteiger partial charge in [-0.1, -0.05) is 0 Å². The van der Waals surface area contributed by atoms with Gasteiger partial charge in [-0.05, 0) is 45.0 Å². The molecule has 6 nitrogen and oxygen atoms in total. The third-order valence-electron chi connectivity index (χ3n) is 3.17. The Kier molecular flexibility index (Phi) is 5.28. The van der Waals surface area contributed by atoms with Gasteiger partial charge in [0.2, 0.25) is 0 Å². The number of hydrogen-bond donors (Lipinski definition) is 2. The molecule has 0 saturated carbocycles. The van der Waals surface area contributed by atoms with Gasteiger partial charge in [0, 0.05) is 23.5 Å². The SMILES string of the molecule is COc1ccc(NC(=O)c2cc(NC(C)(C)C)ccn2)c(OC)c1. The fraction of sp³-hybridized carbons (Fsp3) is 0.333. The fourth-order valence-corrected chi connectivity index (χ4v) is 2.15. The summed E-state index contributed by atoms with van der Waals surface area (Å²) in [6.45, 7) is 6.15. The number of hydrogen-bond acceptors (Lipinski definition) is 5. The normalized spacial score (nSPS) is 10.9. The van der Waals surface area contributed by atoms with E-state index < -0.39 is 0 Å². The average Bonchev–Trinajstić information content (AvgIpc) is 2.53. The Morgan fingerprint density at radius 2 is 1.83 bits per heavy atom. The summed E-state index contributed by atoms with van der Waals surface area (Å²) >= 11 is 0. The highest BCUT2D eigenvalue weighted by atomic mass is 16.5. The molecule has 0 aliphatic heterocycles. The number of anilines is 2. The lowest BCUT2D eigenvalue weighted by atomic mass is 10.1. The zero-order valence-corrected chi connectivity index (χ0v) is 14.6. The topological polar surface area (TPSA) is 72.5 Å². The molecule has 1 aromatic heterocycles. The summed E-state index contributed by atoms with van der Waals surface area (Å²) in [5.41, 5.74) is 1.61. The van der Waals surface area contributed by atoms with Gasteiger partial charge in [-0.25, -0.2) is 0 Å². The Morgan fingerprint density at radius 1 is 1.08 bits per heavy atom. The summed E-state index contributed by atoms with van der Waals surface area (Å²) in [5.74, 6) is 0.863. The van der Waals surface area contributed by atoms with E-state index in [2.05, 4.69) is 36.4 Å². The maximum absolute atomic E-state index is 12.5. The van der Waals surface area contributed by atoms with Crippen LogP contribution < -0.4 is 20.1 Å². The van der Waals surface area contributed by atoms with E-state index in [9.17, 15) is 4.79 Å². The molecule has 2 aromatic rings. The van der Waals surface area contributed by atoms with Gasteiger partial charge < -0.3 is 20.1 Å². The minimum absolute atomic E-state index is 0.103. The molecule has 0 aliphatic rings. The lowest BCUT2D eigenvalue weighted by Crippen LogP contribution is -2.26. The number of carbonyl (C=O) groups excluding carboxylic acids is 1. The first-order valence-corrected chi connectivity index (χ1v) is 7.60. The van der Waals surface area contributed by atoms with E-state index in [1.807, 2.05) is 6.07 Å². The Hall–Kier alpha value is -2.76. The molecule has 24 heavy (non-hydrogen) atoms. The number of pyridine rings is 1. The van der Waals surface area contributed by atoms with Crippen LogP contribution in [0.5, 0.6) is 11.5 Å². The van der Waals surface area contributed by atoms with Crippen LogP contribution in [-0.2, 0) is 0 Å². The molecule has 0 spiro atoms. The second kappa shape index (κ2) is 7.21. The van der Waals surface area contributed by atoms with Crippen molar-refractivity contribution in [2.75, 3.05) is 24.9 Å². The van der Waals surface area contributed by atoms with Gasteiger partial charge in [0.05, 0.1) is 19.9 Å². The number of rotatable bonds is 5. The molecule has 128 valence electrons. The molecule has 0 atom stereocenters. The number of ether oxygens (including phenoxy) is 2. The van der Waals surface area contributed by atoms with Crippen molar-refractivity contribution in [1.29, 1.82) is 0 Å². The second-order valence-electron chi connectivity index (χ2n) is 6.33. The van der Waals surface area contributed by atoms with Crippen LogP contribution in [0.15, 0.2) is 36.5 Å². The quantitative estimate of drug-likeness (QED) is 0.877. The number of amides is 1. The number of aromatic nitrogens is 1. The maximum Gasteiger partial charge on any atom is 0.274 e. The van der Waals surface area contributed by atoms with Crippen molar-refractivity contribution < 1.29 is 14.3 Å². The zero-order chi connectivity index (χ0) is 17.7. The molecular weight excluding hydrogens is 306 g/mol. The highest BCUT2D eigenvalue weighted by Crippen LogP contribution is 2.29. The van der Waals surface area contributed by atoms with Gasteiger partial charge in [0.25, 0.3) is 5.91 Å². The summed E-state index contributed by atoms with van der Waals surface area (Å²) in [7, 11) is 3.11. The van der Waals surface area contributed by atoms with Crippen molar-refractivity contribution in [3.8, 4) is 11.5 Å². The Labute approximate surface area is 142 Å². The molecule has 1 heterocycles. The molecule has 1 amide bonds. The average molecular weight is 329 g/mol. The van der Waals surface area contributed by atoms with E-state index in [-0.39, 0.29) is 11.4 Å². The van der Waals surface area contributed by atoms with Crippen LogP contribution in [-0.4, -0.2) is 30.6 Å². The largest absolute Gasteiger partial charge is 0.497 e. The van der Waals surface area contributed by atoms with Crippen molar-refractivity contribution in [1.82, 2.24) is 4.98 Å². The van der Waals surface area contributed by atoms with Crippen LogP contribution in [0.2, 0.25) is 0 Å². The lowest BCUT2D eigenvalue weighted by molar-refractivity contribution is 0.102. The molecule has 2 rings (SSSR count). The second-order valence-corrected chi connectivity index (χ2v) is 6.33. The third-order valence-corrected chi connectivity index (χ3v) is 3.17. The minimum Gasteiger partial charge on any atom is -0.497 e. The first kappa shape index (κ1) is 17.6. The zero-order valence-electron chi connectivity index (χ0n) is 14.6. The van der Waals surface area contributed by atoms with Gasteiger partial charge in [0.1, 0.15) is 17.2 Å². The molecule has 0 saturated heterocycles. The monoisotopic (exact) mass is 329 g/mol. The summed E-state index contributed by atoms with van der Waals surface area (Å²) in [6, 6.07) is 8.74. The van der Waals surface area contributed by atoms with Gasteiger partial charge in [-0.2, -0.15) is 0 Å². The molecule has 2 N–H and O–H groups in total. The maximum atomic E-state index is 12.5. The number of methoxy groups -OCH3 is 2. The van der Waals surface area contributed by atoms with E-state index in [0.29, 0.717) is 22.9 Å². The standard InChI is InChI=1S/C18H23N3O3/c1-18(2,3)21-12-8-9-19-15(10-12)17(22)20-14-7-6-13(23-4)11-16(14)24-5/h6-11H,1-5H3,(H,19,21)(H,20,22). The molecular formula is C18H23N3O3. The molecule has 0 aliphatic carbocycles. The van der Waals surface area contributed by atoms with Crippen LogP contribution in [0.4, 0.5) is 11.4 Å². The van der Waals surface area contributed by atoms with E-state index in [0.717, 1.165) is 5.69 Å². The highest BCUT2D eigenvalue weighted by molar-refractivity contribution is 6.04. The van der Waals surface area contributed by atoms with E-state index in [1.165, 1.54) is 7.11 Å². The molecule has 0 unspecified atom stereocenters.